The number of carbonyl (C=O) groups excluding carboxylic acids is 1. The SMILES string of the molecule is CC(C)COC(=O)c1cc(F)cc(C(F)(F)F)c1. The lowest BCUT2D eigenvalue weighted by atomic mass is 10.1. The average Bonchev–Trinajstić information content (AvgIpc) is 2.23. The molecule has 100 valence electrons. The lowest BCUT2D eigenvalue weighted by molar-refractivity contribution is -0.137. The third-order valence-electron chi connectivity index (χ3n) is 2.01. The highest BCUT2D eigenvalue weighted by Gasteiger charge is 2.32. The second-order valence-corrected chi connectivity index (χ2v) is 4.22. The third kappa shape index (κ3) is 4.01. The Kier molecular flexibility index (Phi) is 4.32. The van der Waals surface area contributed by atoms with Gasteiger partial charge in [0.05, 0.1) is 17.7 Å². The average molecular weight is 264 g/mol. The summed E-state index contributed by atoms with van der Waals surface area (Å²) in [6, 6.07) is 1.63. The molecule has 0 spiro atoms. The van der Waals surface area contributed by atoms with Gasteiger partial charge in [-0.2, -0.15) is 13.2 Å². The van der Waals surface area contributed by atoms with Crippen molar-refractivity contribution in [3.63, 3.8) is 0 Å². The van der Waals surface area contributed by atoms with Gasteiger partial charge in [0.2, 0.25) is 0 Å². The van der Waals surface area contributed by atoms with E-state index in [1.54, 1.807) is 13.8 Å². The predicted octanol–water partition coefficient (Wildman–Crippen LogP) is 3.66. The zero-order chi connectivity index (χ0) is 13.9. The Hall–Kier alpha value is -1.59. The largest absolute Gasteiger partial charge is 0.462 e. The summed E-state index contributed by atoms with van der Waals surface area (Å²) in [4.78, 5) is 11.4. The Morgan fingerprint density at radius 2 is 1.89 bits per heavy atom. The lowest BCUT2D eigenvalue weighted by Gasteiger charge is -2.10. The van der Waals surface area contributed by atoms with E-state index in [1.807, 2.05) is 0 Å². The highest BCUT2D eigenvalue weighted by molar-refractivity contribution is 5.89. The normalized spacial score (nSPS) is 11.7. The van der Waals surface area contributed by atoms with Gasteiger partial charge in [0, 0.05) is 0 Å². The minimum absolute atomic E-state index is 0.0459. The molecular weight excluding hydrogens is 252 g/mol. The zero-order valence-corrected chi connectivity index (χ0v) is 9.84. The van der Waals surface area contributed by atoms with E-state index in [1.165, 1.54) is 0 Å². The fourth-order valence-corrected chi connectivity index (χ4v) is 1.20. The molecule has 1 aromatic rings. The molecule has 0 aliphatic carbocycles. The molecule has 0 fully saturated rings. The number of hydrogen-bond donors (Lipinski definition) is 0. The number of esters is 1. The van der Waals surface area contributed by atoms with Crippen molar-refractivity contribution in [1.29, 1.82) is 0 Å². The summed E-state index contributed by atoms with van der Waals surface area (Å²) in [5, 5.41) is 0. The molecule has 1 aromatic carbocycles. The number of hydrogen-bond acceptors (Lipinski definition) is 2. The summed E-state index contributed by atoms with van der Waals surface area (Å²) in [6.07, 6.45) is -4.70. The molecule has 0 unspecified atom stereocenters. The molecule has 0 N–H and O–H groups in total. The third-order valence-corrected chi connectivity index (χ3v) is 2.01. The van der Waals surface area contributed by atoms with Crippen LogP contribution in [0.5, 0.6) is 0 Å². The number of ether oxygens (including phenoxy) is 1. The Labute approximate surface area is 102 Å². The first kappa shape index (κ1) is 14.5. The van der Waals surface area contributed by atoms with E-state index in [2.05, 4.69) is 0 Å². The van der Waals surface area contributed by atoms with E-state index >= 15 is 0 Å². The molecule has 0 amide bonds. The molecule has 0 saturated carbocycles. The van der Waals surface area contributed by atoms with Crippen molar-refractivity contribution in [1.82, 2.24) is 0 Å². The minimum atomic E-state index is -4.70. The fourth-order valence-electron chi connectivity index (χ4n) is 1.20. The smallest absolute Gasteiger partial charge is 0.416 e. The Morgan fingerprint density at radius 1 is 1.28 bits per heavy atom. The summed E-state index contributed by atoms with van der Waals surface area (Å²) < 4.78 is 55.0. The van der Waals surface area contributed by atoms with Crippen molar-refractivity contribution >= 4 is 5.97 Å². The Bertz CT molecular complexity index is 438. The number of alkyl halides is 3. The molecule has 0 saturated heterocycles. The summed E-state index contributed by atoms with van der Waals surface area (Å²) in [5.74, 6) is -2.04. The van der Waals surface area contributed by atoms with Crippen molar-refractivity contribution < 1.29 is 27.1 Å². The van der Waals surface area contributed by atoms with Gasteiger partial charge in [-0.3, -0.25) is 0 Å². The van der Waals surface area contributed by atoms with E-state index in [0.717, 1.165) is 6.07 Å². The maximum absolute atomic E-state index is 13.0. The first-order valence-corrected chi connectivity index (χ1v) is 5.25. The highest BCUT2D eigenvalue weighted by Crippen LogP contribution is 2.30. The summed E-state index contributed by atoms with van der Waals surface area (Å²) in [5.41, 5.74) is -1.65. The van der Waals surface area contributed by atoms with Gasteiger partial charge in [0.15, 0.2) is 0 Å². The van der Waals surface area contributed by atoms with E-state index < -0.39 is 29.1 Å². The van der Waals surface area contributed by atoms with Crippen LogP contribution < -0.4 is 0 Å². The lowest BCUT2D eigenvalue weighted by Crippen LogP contribution is -2.13. The molecule has 0 aliphatic rings. The van der Waals surface area contributed by atoms with Crippen LogP contribution >= 0.6 is 0 Å². The maximum atomic E-state index is 13.0. The van der Waals surface area contributed by atoms with Gasteiger partial charge in [-0.1, -0.05) is 13.8 Å². The van der Waals surface area contributed by atoms with E-state index in [-0.39, 0.29) is 12.5 Å². The first-order chi connectivity index (χ1) is 8.20. The van der Waals surface area contributed by atoms with Crippen LogP contribution in [0.15, 0.2) is 18.2 Å². The van der Waals surface area contributed by atoms with Gasteiger partial charge in [-0.15, -0.1) is 0 Å². The van der Waals surface area contributed by atoms with E-state index in [4.69, 9.17) is 4.74 Å². The van der Waals surface area contributed by atoms with Crippen LogP contribution in [0.3, 0.4) is 0 Å². The monoisotopic (exact) mass is 264 g/mol. The molecule has 1 rings (SSSR count). The summed E-state index contributed by atoms with van der Waals surface area (Å²) in [6.45, 7) is 3.62. The molecule has 0 heterocycles. The van der Waals surface area contributed by atoms with Crippen molar-refractivity contribution in [3.05, 3.63) is 35.1 Å². The van der Waals surface area contributed by atoms with Crippen LogP contribution in [-0.2, 0) is 10.9 Å². The van der Waals surface area contributed by atoms with Gasteiger partial charge in [-0.25, -0.2) is 9.18 Å². The van der Waals surface area contributed by atoms with Crippen LogP contribution in [-0.4, -0.2) is 12.6 Å². The zero-order valence-electron chi connectivity index (χ0n) is 9.84. The molecule has 0 aliphatic heterocycles. The number of benzene rings is 1. The molecule has 0 bridgehead atoms. The topological polar surface area (TPSA) is 26.3 Å². The van der Waals surface area contributed by atoms with Crippen LogP contribution in [0.25, 0.3) is 0 Å². The second kappa shape index (κ2) is 5.37. The molecule has 0 atom stereocenters. The highest BCUT2D eigenvalue weighted by atomic mass is 19.4. The van der Waals surface area contributed by atoms with Crippen LogP contribution in [0, 0.1) is 11.7 Å². The van der Waals surface area contributed by atoms with Crippen LogP contribution in [0.2, 0.25) is 0 Å². The Morgan fingerprint density at radius 3 is 2.39 bits per heavy atom. The van der Waals surface area contributed by atoms with Crippen LogP contribution in [0.1, 0.15) is 29.8 Å². The maximum Gasteiger partial charge on any atom is 0.416 e. The number of rotatable bonds is 3. The van der Waals surface area contributed by atoms with Crippen molar-refractivity contribution in [2.75, 3.05) is 6.61 Å². The summed E-state index contributed by atoms with van der Waals surface area (Å²) >= 11 is 0. The quantitative estimate of drug-likeness (QED) is 0.615. The molecule has 6 heteroatoms. The molecule has 18 heavy (non-hydrogen) atoms. The van der Waals surface area contributed by atoms with Gasteiger partial charge < -0.3 is 4.74 Å². The molecule has 0 aromatic heterocycles. The van der Waals surface area contributed by atoms with Crippen molar-refractivity contribution in [2.24, 2.45) is 5.92 Å². The van der Waals surface area contributed by atoms with Crippen molar-refractivity contribution in [2.45, 2.75) is 20.0 Å². The molecular formula is C12H12F4O2. The number of halogens is 4. The van der Waals surface area contributed by atoms with Gasteiger partial charge in [0.25, 0.3) is 0 Å². The van der Waals surface area contributed by atoms with E-state index in [0.29, 0.717) is 12.1 Å². The fraction of sp³-hybridized carbons (Fsp3) is 0.417. The summed E-state index contributed by atoms with van der Waals surface area (Å²) in [7, 11) is 0. The van der Waals surface area contributed by atoms with Crippen molar-refractivity contribution in [3.8, 4) is 0 Å². The number of carbonyl (C=O) groups is 1. The second-order valence-electron chi connectivity index (χ2n) is 4.22. The van der Waals surface area contributed by atoms with Crippen LogP contribution in [0.4, 0.5) is 17.6 Å². The standard InChI is InChI=1S/C12H12F4O2/c1-7(2)6-18-11(17)8-3-9(12(14,15)16)5-10(13)4-8/h3-5,7H,6H2,1-2H3. The molecule has 2 nitrogen and oxygen atoms in total. The predicted molar refractivity (Wildman–Crippen MR) is 56.5 cm³/mol. The minimum Gasteiger partial charge on any atom is -0.462 e. The van der Waals surface area contributed by atoms with Gasteiger partial charge >= 0.3 is 12.1 Å². The first-order valence-electron chi connectivity index (χ1n) is 5.25. The van der Waals surface area contributed by atoms with Gasteiger partial charge in [-0.05, 0) is 24.1 Å². The Balaban J connectivity index is 2.96. The van der Waals surface area contributed by atoms with Gasteiger partial charge in [0.1, 0.15) is 5.82 Å². The molecule has 0 radical (unpaired) electrons. The van der Waals surface area contributed by atoms with E-state index in [9.17, 15) is 22.4 Å².